The van der Waals surface area contributed by atoms with Gasteiger partial charge in [0.1, 0.15) is 17.3 Å². The van der Waals surface area contributed by atoms with Crippen LogP contribution in [-0.4, -0.2) is 25.9 Å². The fraction of sp³-hybridized carbons (Fsp3) is 0. The highest BCUT2D eigenvalue weighted by molar-refractivity contribution is 6.45. The quantitative estimate of drug-likeness (QED) is 0.175. The third kappa shape index (κ3) is 3.94. The summed E-state index contributed by atoms with van der Waals surface area (Å²) in [5.41, 5.74) is 5.77. The van der Waals surface area contributed by atoms with E-state index in [0.29, 0.717) is 33.7 Å². The molecule has 0 saturated heterocycles. The Bertz CT molecular complexity index is 2650. The summed E-state index contributed by atoms with van der Waals surface area (Å²) in [6.07, 6.45) is 1.54. The van der Waals surface area contributed by atoms with Crippen LogP contribution < -0.4 is 9.64 Å². The summed E-state index contributed by atoms with van der Waals surface area (Å²) in [5.74, 6) is 0.532. The number of rotatable bonds is 5. The number of imide groups is 1. The van der Waals surface area contributed by atoms with Gasteiger partial charge >= 0.3 is 0 Å². The number of para-hydroxylation sites is 5. The Morgan fingerprint density at radius 1 is 0.460 bits per heavy atom. The zero-order valence-corrected chi connectivity index (χ0v) is 26.5. The van der Waals surface area contributed by atoms with Crippen molar-refractivity contribution in [1.29, 1.82) is 0 Å². The van der Waals surface area contributed by atoms with Crippen LogP contribution in [0.5, 0.6) is 11.5 Å². The average Bonchev–Trinajstić information content (AvgIpc) is 3.78. The van der Waals surface area contributed by atoms with E-state index < -0.39 is 11.8 Å². The van der Waals surface area contributed by atoms with E-state index in [1.54, 1.807) is 18.3 Å². The number of aromatic nitrogens is 3. The Kier molecular flexibility index (Phi) is 6.04. The van der Waals surface area contributed by atoms with E-state index in [4.69, 9.17) is 4.74 Å². The van der Waals surface area contributed by atoms with Gasteiger partial charge in [-0.05, 0) is 60.7 Å². The van der Waals surface area contributed by atoms with Crippen LogP contribution in [0.3, 0.4) is 0 Å². The van der Waals surface area contributed by atoms with Gasteiger partial charge in [-0.1, -0.05) is 91.0 Å². The molecule has 0 spiro atoms. The van der Waals surface area contributed by atoms with Crippen molar-refractivity contribution in [2.75, 3.05) is 4.90 Å². The van der Waals surface area contributed by atoms with Gasteiger partial charge in [0.05, 0.1) is 39.4 Å². The average molecular weight is 647 g/mol. The number of amides is 2. The van der Waals surface area contributed by atoms with Crippen LogP contribution in [0.2, 0.25) is 0 Å². The summed E-state index contributed by atoms with van der Waals surface area (Å²) < 4.78 is 10.2. The lowest BCUT2D eigenvalue weighted by atomic mass is 9.98. The molecule has 1 aliphatic heterocycles. The molecule has 0 atom stereocenters. The zero-order valence-electron chi connectivity index (χ0n) is 26.5. The number of carbonyl (C=O) groups excluding carboxylic acids is 2. The van der Waals surface area contributed by atoms with Crippen LogP contribution in [0, 0.1) is 0 Å². The molecule has 1 aliphatic rings. The molecular weight excluding hydrogens is 620 g/mol. The molecule has 0 radical (unpaired) electrons. The number of benzene rings is 6. The molecule has 0 bridgehead atoms. The molecule has 0 N–H and O–H groups in total. The lowest BCUT2D eigenvalue weighted by Gasteiger charge is -2.14. The number of pyridine rings is 1. The van der Waals surface area contributed by atoms with Crippen molar-refractivity contribution in [3.05, 3.63) is 169 Å². The molecule has 4 heterocycles. The van der Waals surface area contributed by atoms with Crippen molar-refractivity contribution in [2.24, 2.45) is 0 Å². The number of hydrogen-bond donors (Lipinski definition) is 0. The van der Waals surface area contributed by atoms with Gasteiger partial charge in [-0.2, -0.15) is 0 Å². The molecule has 6 aromatic carbocycles. The van der Waals surface area contributed by atoms with E-state index in [1.807, 2.05) is 115 Å². The molecule has 9 aromatic rings. The molecule has 7 nitrogen and oxygen atoms in total. The maximum atomic E-state index is 15.0. The van der Waals surface area contributed by atoms with Crippen molar-refractivity contribution in [1.82, 2.24) is 14.1 Å². The number of fused-ring (bicyclic) bond motifs is 10. The Hall–Kier alpha value is -6.99. The van der Waals surface area contributed by atoms with E-state index in [0.717, 1.165) is 44.0 Å². The molecular formula is C43H26N4O3. The largest absolute Gasteiger partial charge is 0.456 e. The molecule has 2 amide bonds. The summed E-state index contributed by atoms with van der Waals surface area (Å²) in [6, 6.07) is 49.2. The predicted octanol–water partition coefficient (Wildman–Crippen LogP) is 9.87. The third-order valence-corrected chi connectivity index (χ3v) is 9.51. The van der Waals surface area contributed by atoms with Gasteiger partial charge in [0, 0.05) is 32.9 Å². The first-order valence-electron chi connectivity index (χ1n) is 16.4. The van der Waals surface area contributed by atoms with Crippen molar-refractivity contribution in [3.8, 4) is 22.9 Å². The first-order valence-corrected chi connectivity index (χ1v) is 16.4. The minimum Gasteiger partial charge on any atom is -0.456 e. The van der Waals surface area contributed by atoms with Crippen molar-refractivity contribution in [2.45, 2.75) is 0 Å². The standard InChI is InChI=1S/C43H26N4O3/c48-42-38-39(43(49)47(42)35-25-24-30(26-44-35)50-29-18-8-3-9-19-29)41-37(32-21-11-13-23-34(32)46(41)28-16-6-2-7-17-28)36-31-20-10-12-22-33(31)45(40(36)38)27-14-4-1-5-15-27/h1-26H. The second-order valence-corrected chi connectivity index (χ2v) is 12.3. The molecule has 50 heavy (non-hydrogen) atoms. The van der Waals surface area contributed by atoms with Gasteiger partial charge in [-0.3, -0.25) is 9.59 Å². The van der Waals surface area contributed by atoms with Crippen LogP contribution >= 0.6 is 0 Å². The lowest BCUT2D eigenvalue weighted by Crippen LogP contribution is -2.30. The van der Waals surface area contributed by atoms with Crippen LogP contribution in [0.4, 0.5) is 5.82 Å². The van der Waals surface area contributed by atoms with Crippen LogP contribution in [0.25, 0.3) is 55.0 Å². The SMILES string of the molecule is O=C1c2c(c3c(c4ccccc4n3-c3ccccc3)c3c4ccccc4n(-c4ccccc4)c23)C(=O)N1c1ccc(Oc2ccccc2)cn1. The molecule has 3 aromatic heterocycles. The van der Waals surface area contributed by atoms with Crippen LogP contribution in [-0.2, 0) is 0 Å². The zero-order chi connectivity index (χ0) is 33.3. The minimum absolute atomic E-state index is 0.225. The first-order chi connectivity index (χ1) is 24.7. The number of hydrogen-bond acceptors (Lipinski definition) is 4. The molecule has 0 unspecified atom stereocenters. The summed E-state index contributed by atoms with van der Waals surface area (Å²) in [5, 5.41) is 3.84. The lowest BCUT2D eigenvalue weighted by molar-refractivity contribution is 0.0926. The highest BCUT2D eigenvalue weighted by atomic mass is 16.5. The molecule has 0 saturated carbocycles. The van der Waals surface area contributed by atoms with E-state index in [1.165, 1.54) is 4.90 Å². The maximum absolute atomic E-state index is 15.0. The number of carbonyl (C=O) groups is 2. The van der Waals surface area contributed by atoms with E-state index in [2.05, 4.69) is 38.4 Å². The fourth-order valence-corrected chi connectivity index (χ4v) is 7.52. The monoisotopic (exact) mass is 646 g/mol. The highest BCUT2D eigenvalue weighted by Crippen LogP contribution is 2.48. The normalized spacial score (nSPS) is 12.8. The Labute approximate surface area is 285 Å². The van der Waals surface area contributed by atoms with Gasteiger partial charge in [0.2, 0.25) is 0 Å². The molecule has 0 aliphatic carbocycles. The Morgan fingerprint density at radius 3 is 1.40 bits per heavy atom. The smallest absolute Gasteiger partial charge is 0.269 e. The fourth-order valence-electron chi connectivity index (χ4n) is 7.52. The van der Waals surface area contributed by atoms with Gasteiger partial charge in [0.15, 0.2) is 0 Å². The molecule has 0 fully saturated rings. The maximum Gasteiger partial charge on any atom is 0.269 e. The van der Waals surface area contributed by atoms with Gasteiger partial charge in [-0.15, -0.1) is 0 Å². The minimum atomic E-state index is -0.425. The van der Waals surface area contributed by atoms with Gasteiger partial charge in [0.25, 0.3) is 11.8 Å². The van der Waals surface area contributed by atoms with Crippen LogP contribution in [0.1, 0.15) is 20.7 Å². The Morgan fingerprint density at radius 2 is 0.920 bits per heavy atom. The van der Waals surface area contributed by atoms with Crippen molar-refractivity contribution in [3.63, 3.8) is 0 Å². The number of ether oxygens (including phenoxy) is 1. The van der Waals surface area contributed by atoms with Crippen LogP contribution in [0.15, 0.2) is 158 Å². The second kappa shape index (κ2) is 10.8. The summed E-state index contributed by atoms with van der Waals surface area (Å²) in [4.78, 5) is 35.7. The van der Waals surface area contributed by atoms with Gasteiger partial charge in [-0.25, -0.2) is 9.88 Å². The summed E-state index contributed by atoms with van der Waals surface area (Å²) >= 11 is 0. The molecule has 7 heteroatoms. The highest BCUT2D eigenvalue weighted by Gasteiger charge is 2.44. The van der Waals surface area contributed by atoms with Crippen molar-refractivity contribution >= 4 is 61.2 Å². The van der Waals surface area contributed by atoms with Gasteiger partial charge < -0.3 is 13.9 Å². The van der Waals surface area contributed by atoms with Crippen molar-refractivity contribution < 1.29 is 14.3 Å². The first kappa shape index (κ1) is 28.1. The van der Waals surface area contributed by atoms with E-state index in [-0.39, 0.29) is 5.82 Å². The summed E-state index contributed by atoms with van der Waals surface area (Å²) in [6.45, 7) is 0. The summed E-state index contributed by atoms with van der Waals surface area (Å²) in [7, 11) is 0. The topological polar surface area (TPSA) is 69.4 Å². The predicted molar refractivity (Wildman–Crippen MR) is 197 cm³/mol. The molecule has 236 valence electrons. The number of anilines is 1. The third-order valence-electron chi connectivity index (χ3n) is 9.51. The number of nitrogens with zero attached hydrogens (tertiary/aromatic N) is 4. The van der Waals surface area contributed by atoms with E-state index in [9.17, 15) is 9.59 Å². The second-order valence-electron chi connectivity index (χ2n) is 12.3. The molecule has 10 rings (SSSR count). The Balaban J connectivity index is 1.32. The van der Waals surface area contributed by atoms with E-state index >= 15 is 0 Å².